The number of hydrogen-bond acceptors (Lipinski definition) is 2. The van der Waals surface area contributed by atoms with Crippen molar-refractivity contribution in [2.24, 2.45) is 11.8 Å². The van der Waals surface area contributed by atoms with Crippen molar-refractivity contribution in [3.8, 4) is 11.1 Å². The van der Waals surface area contributed by atoms with Crippen LogP contribution in [0.25, 0.3) is 11.1 Å². The van der Waals surface area contributed by atoms with Gasteiger partial charge in [-0.1, -0.05) is 24.3 Å². The van der Waals surface area contributed by atoms with Crippen LogP contribution < -0.4 is 5.32 Å². The highest BCUT2D eigenvalue weighted by molar-refractivity contribution is 5.93. The zero-order valence-corrected chi connectivity index (χ0v) is 15.0. The van der Waals surface area contributed by atoms with Gasteiger partial charge in [-0.15, -0.1) is 0 Å². The van der Waals surface area contributed by atoms with E-state index in [4.69, 9.17) is 0 Å². The van der Waals surface area contributed by atoms with E-state index in [1.165, 1.54) is 25.0 Å². The van der Waals surface area contributed by atoms with Gasteiger partial charge in [-0.3, -0.25) is 4.79 Å². The second-order valence-corrected chi connectivity index (χ2v) is 7.62. The van der Waals surface area contributed by atoms with Gasteiger partial charge < -0.3 is 10.2 Å². The second-order valence-electron chi connectivity index (χ2n) is 7.62. The molecule has 2 fully saturated rings. The molecular formula is C22H25FN2O. The number of halogens is 1. The van der Waals surface area contributed by atoms with E-state index in [9.17, 15) is 9.18 Å². The summed E-state index contributed by atoms with van der Waals surface area (Å²) in [5.41, 5.74) is 2.72. The van der Waals surface area contributed by atoms with Crippen LogP contribution in [0.15, 0.2) is 48.5 Å². The summed E-state index contributed by atoms with van der Waals surface area (Å²) in [6.07, 6.45) is 4.76. The molecule has 4 heteroatoms. The maximum absolute atomic E-state index is 13.1. The van der Waals surface area contributed by atoms with Gasteiger partial charge in [-0.2, -0.15) is 0 Å². The first-order valence-corrected chi connectivity index (χ1v) is 9.56. The number of hydrogen-bond donors (Lipinski definition) is 1. The Labute approximate surface area is 154 Å². The third kappa shape index (κ3) is 4.31. The quantitative estimate of drug-likeness (QED) is 0.856. The van der Waals surface area contributed by atoms with E-state index < -0.39 is 0 Å². The summed E-state index contributed by atoms with van der Waals surface area (Å²) in [6.45, 7) is 3.16. The Balaban J connectivity index is 1.40. The average molecular weight is 352 g/mol. The van der Waals surface area contributed by atoms with Gasteiger partial charge in [0.1, 0.15) is 5.82 Å². The lowest BCUT2D eigenvalue weighted by Gasteiger charge is -2.32. The Hall–Kier alpha value is -2.20. The zero-order valence-electron chi connectivity index (χ0n) is 15.0. The lowest BCUT2D eigenvalue weighted by Crippen LogP contribution is -2.41. The molecular weight excluding hydrogens is 327 g/mol. The van der Waals surface area contributed by atoms with E-state index in [-0.39, 0.29) is 17.6 Å². The fraction of sp³-hybridized carbons (Fsp3) is 0.409. The molecule has 1 aliphatic carbocycles. The molecule has 3 nitrogen and oxygen atoms in total. The van der Waals surface area contributed by atoms with Gasteiger partial charge in [-0.05, 0) is 73.5 Å². The molecule has 2 aliphatic rings. The van der Waals surface area contributed by atoms with Crippen molar-refractivity contribution in [2.45, 2.75) is 25.7 Å². The number of piperidine rings is 1. The first kappa shape index (κ1) is 17.2. The van der Waals surface area contributed by atoms with Crippen LogP contribution in [-0.4, -0.2) is 30.4 Å². The first-order valence-electron chi connectivity index (χ1n) is 9.56. The number of likely N-dealkylation sites (tertiary alicyclic amines) is 1. The van der Waals surface area contributed by atoms with Crippen LogP contribution >= 0.6 is 0 Å². The van der Waals surface area contributed by atoms with Crippen molar-refractivity contribution < 1.29 is 9.18 Å². The average Bonchev–Trinajstić information content (AvgIpc) is 3.47. The van der Waals surface area contributed by atoms with Gasteiger partial charge in [0.15, 0.2) is 0 Å². The van der Waals surface area contributed by atoms with Crippen molar-refractivity contribution >= 4 is 11.6 Å². The number of carbonyl (C=O) groups excluding carboxylic acids is 1. The summed E-state index contributed by atoms with van der Waals surface area (Å²) in [6, 6.07) is 14.2. The molecule has 1 amide bonds. The summed E-state index contributed by atoms with van der Waals surface area (Å²) < 4.78 is 13.1. The number of carbonyl (C=O) groups is 1. The maximum Gasteiger partial charge on any atom is 0.228 e. The van der Waals surface area contributed by atoms with Crippen LogP contribution in [0.4, 0.5) is 10.1 Å². The molecule has 1 heterocycles. The summed E-state index contributed by atoms with van der Waals surface area (Å²) in [7, 11) is 0. The fourth-order valence-corrected chi connectivity index (χ4v) is 3.76. The number of amides is 1. The zero-order chi connectivity index (χ0) is 17.9. The lowest BCUT2D eigenvalue weighted by molar-refractivity contribution is -0.121. The molecule has 0 bridgehead atoms. The molecule has 136 valence electrons. The topological polar surface area (TPSA) is 32.3 Å². The van der Waals surface area contributed by atoms with E-state index in [1.54, 1.807) is 12.1 Å². The number of benzene rings is 2. The Kier molecular flexibility index (Phi) is 5.02. The van der Waals surface area contributed by atoms with Gasteiger partial charge in [0.2, 0.25) is 5.91 Å². The van der Waals surface area contributed by atoms with E-state index >= 15 is 0 Å². The van der Waals surface area contributed by atoms with Crippen LogP contribution in [0.5, 0.6) is 0 Å². The van der Waals surface area contributed by atoms with Crippen LogP contribution in [0.3, 0.4) is 0 Å². The summed E-state index contributed by atoms with van der Waals surface area (Å²) in [5, 5.41) is 3.08. The van der Waals surface area contributed by atoms with Crippen LogP contribution in [0, 0.1) is 17.7 Å². The molecule has 1 atom stereocenters. The second kappa shape index (κ2) is 7.58. The smallest absolute Gasteiger partial charge is 0.228 e. The van der Waals surface area contributed by atoms with Gasteiger partial charge >= 0.3 is 0 Å². The molecule has 1 N–H and O–H groups in total. The fourth-order valence-electron chi connectivity index (χ4n) is 3.76. The van der Waals surface area contributed by atoms with Gasteiger partial charge in [-0.25, -0.2) is 4.39 Å². The molecule has 2 aromatic carbocycles. The van der Waals surface area contributed by atoms with Gasteiger partial charge in [0, 0.05) is 18.8 Å². The van der Waals surface area contributed by atoms with Crippen LogP contribution in [0.1, 0.15) is 25.7 Å². The summed E-state index contributed by atoms with van der Waals surface area (Å²) in [5.74, 6) is 0.800. The first-order chi connectivity index (χ1) is 12.7. The Bertz CT molecular complexity index is 770. The number of anilines is 1. The summed E-state index contributed by atoms with van der Waals surface area (Å²) >= 11 is 0. The van der Waals surface area contributed by atoms with E-state index in [0.717, 1.165) is 55.2 Å². The van der Waals surface area contributed by atoms with Crippen molar-refractivity contribution in [3.63, 3.8) is 0 Å². The molecule has 1 saturated carbocycles. The summed E-state index contributed by atoms with van der Waals surface area (Å²) in [4.78, 5) is 15.2. The molecule has 2 aromatic rings. The Morgan fingerprint density at radius 3 is 2.65 bits per heavy atom. The Morgan fingerprint density at radius 1 is 1.08 bits per heavy atom. The van der Waals surface area contributed by atoms with Crippen LogP contribution in [-0.2, 0) is 4.79 Å². The SMILES string of the molecule is O=C(Nc1cccc(-c2ccc(F)cc2)c1)C1CCCN(CC2CC2)C1. The molecule has 4 rings (SSSR count). The van der Waals surface area contributed by atoms with E-state index in [1.807, 2.05) is 24.3 Å². The minimum atomic E-state index is -0.244. The largest absolute Gasteiger partial charge is 0.326 e. The van der Waals surface area contributed by atoms with Crippen LogP contribution in [0.2, 0.25) is 0 Å². The van der Waals surface area contributed by atoms with Gasteiger partial charge in [0.25, 0.3) is 0 Å². The molecule has 26 heavy (non-hydrogen) atoms. The minimum absolute atomic E-state index is 0.0666. The number of rotatable bonds is 5. The molecule has 1 saturated heterocycles. The predicted molar refractivity (Wildman–Crippen MR) is 102 cm³/mol. The molecule has 0 aromatic heterocycles. The molecule has 0 radical (unpaired) electrons. The highest BCUT2D eigenvalue weighted by atomic mass is 19.1. The molecule has 1 aliphatic heterocycles. The third-order valence-electron chi connectivity index (χ3n) is 5.40. The number of nitrogens with zero attached hydrogens (tertiary/aromatic N) is 1. The maximum atomic E-state index is 13.1. The van der Waals surface area contributed by atoms with Crippen molar-refractivity contribution in [1.82, 2.24) is 4.90 Å². The molecule has 1 unspecified atom stereocenters. The highest BCUT2D eigenvalue weighted by Crippen LogP contribution is 2.31. The Morgan fingerprint density at radius 2 is 1.88 bits per heavy atom. The minimum Gasteiger partial charge on any atom is -0.326 e. The lowest BCUT2D eigenvalue weighted by atomic mass is 9.96. The normalized spacial score (nSPS) is 20.7. The van der Waals surface area contributed by atoms with Gasteiger partial charge in [0.05, 0.1) is 5.92 Å². The number of nitrogens with one attached hydrogen (secondary N) is 1. The van der Waals surface area contributed by atoms with Crippen molar-refractivity contribution in [2.75, 3.05) is 25.0 Å². The van der Waals surface area contributed by atoms with E-state index in [2.05, 4.69) is 10.2 Å². The standard InChI is InChI=1S/C22H25FN2O/c23-20-10-8-17(9-11-20)18-3-1-5-21(13-18)24-22(26)19-4-2-12-25(15-19)14-16-6-7-16/h1,3,5,8-11,13,16,19H,2,4,6-7,12,14-15H2,(H,24,26). The molecule has 0 spiro atoms. The third-order valence-corrected chi connectivity index (χ3v) is 5.40. The van der Waals surface area contributed by atoms with Crippen molar-refractivity contribution in [1.29, 1.82) is 0 Å². The highest BCUT2D eigenvalue weighted by Gasteiger charge is 2.30. The van der Waals surface area contributed by atoms with E-state index in [0.29, 0.717) is 0 Å². The van der Waals surface area contributed by atoms with Crippen molar-refractivity contribution in [3.05, 3.63) is 54.3 Å². The monoisotopic (exact) mass is 352 g/mol. The predicted octanol–water partition coefficient (Wildman–Crippen LogP) is 4.55.